The zero-order chi connectivity index (χ0) is 14.4. The maximum atomic E-state index is 5.62. The van der Waals surface area contributed by atoms with Gasteiger partial charge < -0.3 is 4.74 Å². The van der Waals surface area contributed by atoms with Crippen LogP contribution in [0.5, 0.6) is 5.88 Å². The summed E-state index contributed by atoms with van der Waals surface area (Å²) < 4.78 is 5.09. The summed E-state index contributed by atoms with van der Waals surface area (Å²) in [5.74, 6) is 6.14. The summed E-state index contributed by atoms with van der Waals surface area (Å²) in [6.07, 6.45) is 4.99. The Bertz CT molecular complexity index is 544. The number of rotatable bonds is 6. The monoisotopic (exact) mass is 273 g/mol. The zero-order valence-corrected chi connectivity index (χ0v) is 11.7. The molecule has 1 atom stereocenters. The molecular formula is C14H19N5O. The molecule has 2 aromatic rings. The first-order valence-corrected chi connectivity index (χ1v) is 6.52. The van der Waals surface area contributed by atoms with Gasteiger partial charge in [0.05, 0.1) is 18.8 Å². The summed E-state index contributed by atoms with van der Waals surface area (Å²) >= 11 is 0. The molecule has 0 saturated carbocycles. The second-order valence-corrected chi connectivity index (χ2v) is 4.42. The first kappa shape index (κ1) is 14.4. The molecule has 0 fully saturated rings. The molecule has 0 saturated heterocycles. The topological polar surface area (TPSA) is 86.0 Å². The Morgan fingerprint density at radius 2 is 2.15 bits per heavy atom. The van der Waals surface area contributed by atoms with Crippen molar-refractivity contribution >= 4 is 0 Å². The molecule has 0 bridgehead atoms. The number of pyridine rings is 1. The number of hydrazine groups is 1. The van der Waals surface area contributed by atoms with Gasteiger partial charge in [0.15, 0.2) is 0 Å². The lowest BCUT2D eigenvalue weighted by atomic mass is 10.1. The lowest BCUT2D eigenvalue weighted by Crippen LogP contribution is -2.30. The van der Waals surface area contributed by atoms with E-state index in [1.807, 2.05) is 12.3 Å². The number of methoxy groups -OCH3 is 1. The van der Waals surface area contributed by atoms with Crippen molar-refractivity contribution in [3.8, 4) is 5.88 Å². The van der Waals surface area contributed by atoms with E-state index in [0.29, 0.717) is 12.3 Å². The quantitative estimate of drug-likeness (QED) is 0.607. The van der Waals surface area contributed by atoms with Crippen LogP contribution in [0.25, 0.3) is 0 Å². The molecule has 6 heteroatoms. The van der Waals surface area contributed by atoms with Gasteiger partial charge in [-0.1, -0.05) is 13.0 Å². The average molecular weight is 273 g/mol. The van der Waals surface area contributed by atoms with Crippen molar-refractivity contribution in [3.63, 3.8) is 0 Å². The second-order valence-electron chi connectivity index (χ2n) is 4.42. The van der Waals surface area contributed by atoms with E-state index in [1.54, 1.807) is 13.2 Å². The molecule has 0 aliphatic carbocycles. The SMILES string of the molecule is CCc1ccc(CC(NN)c2cc(OC)ncn2)nc1. The summed E-state index contributed by atoms with van der Waals surface area (Å²) in [5.41, 5.74) is 5.72. The van der Waals surface area contributed by atoms with Crippen LogP contribution in [0, 0.1) is 0 Å². The van der Waals surface area contributed by atoms with Crippen molar-refractivity contribution in [3.05, 3.63) is 47.7 Å². The number of nitrogens with two attached hydrogens (primary N) is 1. The molecule has 3 N–H and O–H groups in total. The molecule has 20 heavy (non-hydrogen) atoms. The molecule has 106 valence electrons. The fraction of sp³-hybridized carbons (Fsp3) is 0.357. The van der Waals surface area contributed by atoms with Crippen LogP contribution < -0.4 is 16.0 Å². The Balaban J connectivity index is 2.14. The third-order valence-electron chi connectivity index (χ3n) is 3.14. The Labute approximate surface area is 118 Å². The highest BCUT2D eigenvalue weighted by Crippen LogP contribution is 2.17. The predicted octanol–water partition coefficient (Wildman–Crippen LogP) is 1.19. The van der Waals surface area contributed by atoms with E-state index in [2.05, 4.69) is 33.4 Å². The van der Waals surface area contributed by atoms with Crippen molar-refractivity contribution in [2.45, 2.75) is 25.8 Å². The van der Waals surface area contributed by atoms with E-state index >= 15 is 0 Å². The van der Waals surface area contributed by atoms with Crippen LogP contribution in [0.4, 0.5) is 0 Å². The molecule has 2 heterocycles. The number of aryl methyl sites for hydroxylation is 1. The molecule has 0 aliphatic rings. The lowest BCUT2D eigenvalue weighted by Gasteiger charge is -2.15. The van der Waals surface area contributed by atoms with Gasteiger partial charge in [-0.15, -0.1) is 0 Å². The van der Waals surface area contributed by atoms with Crippen LogP contribution in [0.2, 0.25) is 0 Å². The van der Waals surface area contributed by atoms with Crippen LogP contribution in [0.1, 0.15) is 29.9 Å². The van der Waals surface area contributed by atoms with Crippen molar-refractivity contribution < 1.29 is 4.74 Å². The molecule has 0 spiro atoms. The molecule has 0 aromatic carbocycles. The van der Waals surface area contributed by atoms with Crippen LogP contribution >= 0.6 is 0 Å². The van der Waals surface area contributed by atoms with Crippen LogP contribution in [0.15, 0.2) is 30.7 Å². The fourth-order valence-electron chi connectivity index (χ4n) is 1.90. The lowest BCUT2D eigenvalue weighted by molar-refractivity contribution is 0.393. The van der Waals surface area contributed by atoms with E-state index in [0.717, 1.165) is 17.8 Å². The summed E-state index contributed by atoms with van der Waals surface area (Å²) in [7, 11) is 1.57. The van der Waals surface area contributed by atoms with Gasteiger partial charge in [-0.25, -0.2) is 9.97 Å². The maximum absolute atomic E-state index is 5.62. The van der Waals surface area contributed by atoms with Gasteiger partial charge in [-0.2, -0.15) is 0 Å². The van der Waals surface area contributed by atoms with Crippen molar-refractivity contribution in [1.82, 2.24) is 20.4 Å². The molecule has 6 nitrogen and oxygen atoms in total. The van der Waals surface area contributed by atoms with Crippen molar-refractivity contribution in [1.29, 1.82) is 0 Å². The van der Waals surface area contributed by atoms with Gasteiger partial charge >= 0.3 is 0 Å². The van der Waals surface area contributed by atoms with Gasteiger partial charge in [0, 0.05) is 24.4 Å². The van der Waals surface area contributed by atoms with E-state index in [9.17, 15) is 0 Å². The summed E-state index contributed by atoms with van der Waals surface area (Å²) in [4.78, 5) is 12.6. The Kier molecular flexibility index (Phi) is 4.97. The minimum absolute atomic E-state index is 0.133. The summed E-state index contributed by atoms with van der Waals surface area (Å²) in [6, 6.07) is 5.73. The number of aromatic nitrogens is 3. The Morgan fingerprint density at radius 1 is 1.30 bits per heavy atom. The standard InChI is InChI=1S/C14H19N5O/c1-3-10-4-5-11(16-8-10)6-13(19-15)12-7-14(20-2)18-9-17-12/h4-5,7-9,13,19H,3,6,15H2,1-2H3. The van der Waals surface area contributed by atoms with Crippen LogP contribution in [-0.2, 0) is 12.8 Å². The van der Waals surface area contributed by atoms with Crippen molar-refractivity contribution in [2.24, 2.45) is 5.84 Å². The van der Waals surface area contributed by atoms with E-state index < -0.39 is 0 Å². The van der Waals surface area contributed by atoms with Gasteiger partial charge in [0.25, 0.3) is 0 Å². The molecule has 1 unspecified atom stereocenters. The van der Waals surface area contributed by atoms with Gasteiger partial charge in [-0.05, 0) is 18.1 Å². The molecule has 2 rings (SSSR count). The van der Waals surface area contributed by atoms with E-state index in [1.165, 1.54) is 11.9 Å². The average Bonchev–Trinajstić information content (AvgIpc) is 2.53. The minimum Gasteiger partial charge on any atom is -0.481 e. The largest absolute Gasteiger partial charge is 0.481 e. The number of hydrogen-bond donors (Lipinski definition) is 2. The molecule has 2 aromatic heterocycles. The Hall–Kier alpha value is -2.05. The second kappa shape index (κ2) is 6.93. The Morgan fingerprint density at radius 3 is 2.75 bits per heavy atom. The molecule has 0 amide bonds. The zero-order valence-electron chi connectivity index (χ0n) is 11.7. The summed E-state index contributed by atoms with van der Waals surface area (Å²) in [6.45, 7) is 2.11. The van der Waals surface area contributed by atoms with E-state index in [-0.39, 0.29) is 6.04 Å². The third kappa shape index (κ3) is 3.49. The highest BCUT2D eigenvalue weighted by molar-refractivity contribution is 5.20. The normalized spacial score (nSPS) is 12.2. The van der Waals surface area contributed by atoms with Gasteiger partial charge in [-0.3, -0.25) is 16.3 Å². The number of nitrogens with one attached hydrogen (secondary N) is 1. The van der Waals surface area contributed by atoms with Crippen molar-refractivity contribution in [2.75, 3.05) is 7.11 Å². The van der Waals surface area contributed by atoms with Crippen LogP contribution in [0.3, 0.4) is 0 Å². The van der Waals surface area contributed by atoms with Gasteiger partial charge in [0.2, 0.25) is 5.88 Å². The van der Waals surface area contributed by atoms with E-state index in [4.69, 9.17) is 10.6 Å². The third-order valence-corrected chi connectivity index (χ3v) is 3.14. The first-order valence-electron chi connectivity index (χ1n) is 6.52. The minimum atomic E-state index is -0.133. The number of nitrogens with zero attached hydrogens (tertiary/aromatic N) is 3. The molecular weight excluding hydrogens is 254 g/mol. The molecule has 0 radical (unpaired) electrons. The van der Waals surface area contributed by atoms with Crippen LogP contribution in [-0.4, -0.2) is 22.1 Å². The smallest absolute Gasteiger partial charge is 0.216 e. The molecule has 0 aliphatic heterocycles. The fourth-order valence-corrected chi connectivity index (χ4v) is 1.90. The highest BCUT2D eigenvalue weighted by Gasteiger charge is 2.14. The number of ether oxygens (including phenoxy) is 1. The predicted molar refractivity (Wildman–Crippen MR) is 76.0 cm³/mol. The first-order chi connectivity index (χ1) is 9.76. The summed E-state index contributed by atoms with van der Waals surface area (Å²) in [5, 5.41) is 0. The number of hydrogen-bond acceptors (Lipinski definition) is 6. The highest BCUT2D eigenvalue weighted by atomic mass is 16.5. The maximum Gasteiger partial charge on any atom is 0.216 e. The van der Waals surface area contributed by atoms with Gasteiger partial charge in [0.1, 0.15) is 6.33 Å².